The number of nitrogens with zero attached hydrogens (tertiary/aromatic N) is 3. The van der Waals surface area contributed by atoms with Crippen LogP contribution in [0.25, 0.3) is 23.3 Å². The van der Waals surface area contributed by atoms with Crippen molar-refractivity contribution in [2.45, 2.75) is 0 Å². The molecule has 0 amide bonds. The Morgan fingerprint density at radius 3 is 3.00 bits per heavy atom. The monoisotopic (exact) mass is 259 g/mol. The summed E-state index contributed by atoms with van der Waals surface area (Å²) in [4.78, 5) is 4.33. The van der Waals surface area contributed by atoms with Crippen LogP contribution in [0.4, 0.5) is 0 Å². The normalized spacial score (nSPS) is 11.7. The van der Waals surface area contributed by atoms with Gasteiger partial charge in [-0.25, -0.2) is 4.98 Å². The highest BCUT2D eigenvalue weighted by Crippen LogP contribution is 2.20. The van der Waals surface area contributed by atoms with Gasteiger partial charge in [0.2, 0.25) is 5.89 Å². The lowest BCUT2D eigenvalue weighted by Crippen LogP contribution is -1.83. The van der Waals surface area contributed by atoms with E-state index in [2.05, 4.69) is 10.1 Å². The molecule has 5 heteroatoms. The summed E-state index contributed by atoms with van der Waals surface area (Å²) in [6, 6.07) is 5.37. The van der Waals surface area contributed by atoms with Gasteiger partial charge in [-0.1, -0.05) is 11.6 Å². The minimum Gasteiger partial charge on any atom is -0.437 e. The number of benzene rings is 1. The van der Waals surface area contributed by atoms with Gasteiger partial charge in [-0.15, -0.1) is 0 Å². The molecule has 0 N–H and O–H groups in total. The first-order valence-corrected chi connectivity index (χ1v) is 5.81. The molecule has 0 aliphatic heterocycles. The Morgan fingerprint density at radius 1 is 1.33 bits per heavy atom. The van der Waals surface area contributed by atoms with Crippen LogP contribution in [0.15, 0.2) is 35.0 Å². The van der Waals surface area contributed by atoms with Gasteiger partial charge in [-0.05, 0) is 24.3 Å². The summed E-state index contributed by atoms with van der Waals surface area (Å²) in [6.07, 6.45) is 7.40. The molecule has 0 aliphatic rings. The first-order chi connectivity index (χ1) is 8.70. The van der Waals surface area contributed by atoms with E-state index < -0.39 is 0 Å². The molecule has 18 heavy (non-hydrogen) atoms. The van der Waals surface area contributed by atoms with Crippen LogP contribution in [-0.2, 0) is 7.05 Å². The molecule has 3 rings (SSSR count). The van der Waals surface area contributed by atoms with Gasteiger partial charge >= 0.3 is 0 Å². The molecule has 4 nitrogen and oxygen atoms in total. The van der Waals surface area contributed by atoms with Crippen LogP contribution >= 0.6 is 11.6 Å². The average Bonchev–Trinajstić information content (AvgIpc) is 2.92. The summed E-state index contributed by atoms with van der Waals surface area (Å²) in [5, 5.41) is 4.73. The minimum absolute atomic E-state index is 0.552. The maximum absolute atomic E-state index is 5.89. The highest BCUT2D eigenvalue weighted by atomic mass is 35.5. The zero-order valence-electron chi connectivity index (χ0n) is 9.67. The van der Waals surface area contributed by atoms with Gasteiger partial charge in [0.25, 0.3) is 0 Å². The zero-order valence-corrected chi connectivity index (χ0v) is 10.4. The molecule has 0 spiro atoms. The largest absolute Gasteiger partial charge is 0.437 e. The number of oxazole rings is 1. The second kappa shape index (κ2) is 4.31. The smallest absolute Gasteiger partial charge is 0.220 e. The summed E-state index contributed by atoms with van der Waals surface area (Å²) in [7, 11) is 1.87. The Hall–Kier alpha value is -2.07. The number of hydrogen-bond donors (Lipinski definition) is 0. The van der Waals surface area contributed by atoms with Crippen LogP contribution in [0.2, 0.25) is 5.02 Å². The first-order valence-electron chi connectivity index (χ1n) is 5.43. The van der Waals surface area contributed by atoms with Crippen molar-refractivity contribution in [2.75, 3.05) is 0 Å². The Bertz CT molecular complexity index is 727. The maximum Gasteiger partial charge on any atom is 0.220 e. The van der Waals surface area contributed by atoms with Crippen LogP contribution in [0.3, 0.4) is 0 Å². The molecule has 0 bridgehead atoms. The molecule has 2 heterocycles. The summed E-state index contributed by atoms with van der Waals surface area (Å²) in [5.41, 5.74) is 2.48. The minimum atomic E-state index is 0.552. The van der Waals surface area contributed by atoms with Crippen molar-refractivity contribution in [3.8, 4) is 0 Å². The second-order valence-electron chi connectivity index (χ2n) is 3.94. The van der Waals surface area contributed by atoms with E-state index in [4.69, 9.17) is 16.0 Å². The Labute approximate surface area is 108 Å². The predicted molar refractivity (Wildman–Crippen MR) is 71.2 cm³/mol. The molecular weight excluding hydrogens is 250 g/mol. The molecule has 0 saturated carbocycles. The lowest BCUT2D eigenvalue weighted by molar-refractivity contribution is 0.590. The molecule has 2 aromatic heterocycles. The summed E-state index contributed by atoms with van der Waals surface area (Å²) < 4.78 is 7.31. The van der Waals surface area contributed by atoms with Crippen molar-refractivity contribution >= 4 is 34.9 Å². The Balaban J connectivity index is 1.93. The van der Waals surface area contributed by atoms with E-state index >= 15 is 0 Å². The third-order valence-corrected chi connectivity index (χ3v) is 2.74. The fourth-order valence-corrected chi connectivity index (χ4v) is 1.85. The molecule has 90 valence electrons. The van der Waals surface area contributed by atoms with Gasteiger partial charge in [0, 0.05) is 29.9 Å². The number of fused-ring (bicyclic) bond motifs is 1. The maximum atomic E-state index is 5.89. The van der Waals surface area contributed by atoms with E-state index in [-0.39, 0.29) is 0 Å². The van der Waals surface area contributed by atoms with Crippen LogP contribution in [0, 0.1) is 0 Å². The molecule has 0 aliphatic carbocycles. The van der Waals surface area contributed by atoms with Gasteiger partial charge in [0.05, 0.1) is 6.20 Å². The number of rotatable bonds is 2. The Morgan fingerprint density at radius 2 is 2.22 bits per heavy atom. The van der Waals surface area contributed by atoms with Crippen LogP contribution < -0.4 is 0 Å². The number of aryl methyl sites for hydroxylation is 1. The van der Waals surface area contributed by atoms with E-state index in [1.54, 1.807) is 23.0 Å². The third kappa shape index (κ3) is 2.15. The standard InChI is InChI=1S/C13H10ClN3O/c1-17-8-9(7-15-17)2-5-13-16-11-6-10(14)3-4-12(11)18-13/h2-8H,1H3. The van der Waals surface area contributed by atoms with E-state index in [0.29, 0.717) is 10.9 Å². The quantitative estimate of drug-likeness (QED) is 0.709. The van der Waals surface area contributed by atoms with Gasteiger partial charge in [-0.2, -0.15) is 5.10 Å². The van der Waals surface area contributed by atoms with E-state index in [9.17, 15) is 0 Å². The highest BCUT2D eigenvalue weighted by Gasteiger charge is 2.03. The van der Waals surface area contributed by atoms with Crippen LogP contribution in [-0.4, -0.2) is 14.8 Å². The third-order valence-electron chi connectivity index (χ3n) is 2.51. The summed E-state index contributed by atoms with van der Waals surface area (Å²) in [6.45, 7) is 0. The van der Waals surface area contributed by atoms with Crippen molar-refractivity contribution in [3.63, 3.8) is 0 Å². The zero-order chi connectivity index (χ0) is 12.5. The predicted octanol–water partition coefficient (Wildman–Crippen LogP) is 3.39. The van der Waals surface area contributed by atoms with Crippen molar-refractivity contribution in [1.29, 1.82) is 0 Å². The van der Waals surface area contributed by atoms with E-state index in [0.717, 1.165) is 16.7 Å². The highest BCUT2D eigenvalue weighted by molar-refractivity contribution is 6.31. The number of hydrogen-bond acceptors (Lipinski definition) is 3. The summed E-state index contributed by atoms with van der Waals surface area (Å²) in [5.74, 6) is 0.552. The van der Waals surface area contributed by atoms with Gasteiger partial charge in [-0.3, -0.25) is 4.68 Å². The Kier molecular flexibility index (Phi) is 2.64. The number of halogens is 1. The molecule has 3 aromatic rings. The average molecular weight is 260 g/mol. The fourth-order valence-electron chi connectivity index (χ4n) is 1.68. The van der Waals surface area contributed by atoms with E-state index in [1.165, 1.54) is 0 Å². The number of aromatic nitrogens is 3. The second-order valence-corrected chi connectivity index (χ2v) is 4.38. The molecule has 1 aromatic carbocycles. The van der Waals surface area contributed by atoms with Gasteiger partial charge in [0.1, 0.15) is 5.52 Å². The fraction of sp³-hybridized carbons (Fsp3) is 0.0769. The van der Waals surface area contributed by atoms with Crippen molar-refractivity contribution < 1.29 is 4.42 Å². The van der Waals surface area contributed by atoms with Crippen molar-refractivity contribution in [1.82, 2.24) is 14.8 Å². The van der Waals surface area contributed by atoms with Crippen molar-refractivity contribution in [2.24, 2.45) is 7.05 Å². The summed E-state index contributed by atoms with van der Waals surface area (Å²) >= 11 is 5.89. The molecule has 0 unspecified atom stereocenters. The molecule has 0 atom stereocenters. The molecule has 0 fully saturated rings. The molecular formula is C13H10ClN3O. The van der Waals surface area contributed by atoms with Gasteiger partial charge in [0.15, 0.2) is 5.58 Å². The van der Waals surface area contributed by atoms with Crippen molar-refractivity contribution in [3.05, 3.63) is 47.1 Å². The molecule has 0 radical (unpaired) electrons. The first kappa shape index (κ1) is 11.0. The lowest BCUT2D eigenvalue weighted by Gasteiger charge is -1.85. The lowest BCUT2D eigenvalue weighted by atomic mass is 10.3. The van der Waals surface area contributed by atoms with Gasteiger partial charge < -0.3 is 4.42 Å². The van der Waals surface area contributed by atoms with Crippen LogP contribution in [0.1, 0.15) is 11.5 Å². The topological polar surface area (TPSA) is 43.9 Å². The van der Waals surface area contributed by atoms with E-state index in [1.807, 2.05) is 31.5 Å². The molecule has 0 saturated heterocycles. The van der Waals surface area contributed by atoms with Crippen LogP contribution in [0.5, 0.6) is 0 Å². The SMILES string of the molecule is Cn1cc(C=Cc2nc3cc(Cl)ccc3o2)cn1.